The molecule has 3 rings (SSSR count). The van der Waals surface area contributed by atoms with E-state index in [1.807, 2.05) is 68.4 Å². The molecule has 1 N–H and O–H groups in total. The summed E-state index contributed by atoms with van der Waals surface area (Å²) in [6.07, 6.45) is 0.0755. The molecule has 0 unspecified atom stereocenters. The van der Waals surface area contributed by atoms with Gasteiger partial charge >= 0.3 is 0 Å². The van der Waals surface area contributed by atoms with Gasteiger partial charge in [-0.2, -0.15) is 0 Å². The average Bonchev–Trinajstić information content (AvgIpc) is 2.72. The molecule has 0 aliphatic carbocycles. The second kappa shape index (κ2) is 10.2. The fourth-order valence-corrected chi connectivity index (χ4v) is 2.66. The highest BCUT2D eigenvalue weighted by atomic mass is 16.5. The number of ether oxygens (including phenoxy) is 3. The van der Waals surface area contributed by atoms with Crippen molar-refractivity contribution in [3.05, 3.63) is 84.4 Å². The number of carbonyl (C=O) groups is 1. The maximum absolute atomic E-state index is 12.5. The minimum Gasteiger partial charge on any atom is -0.491 e. The van der Waals surface area contributed by atoms with Crippen LogP contribution in [-0.4, -0.2) is 25.2 Å². The SMILES string of the molecule is CC(C)Oc1cccc(NC(=O)c2ccc(OCCOc3ccccc3)cc2)c1. The Kier molecular flexibility index (Phi) is 7.11. The molecule has 3 aromatic carbocycles. The largest absolute Gasteiger partial charge is 0.491 e. The lowest BCUT2D eigenvalue weighted by Crippen LogP contribution is -2.12. The maximum Gasteiger partial charge on any atom is 0.255 e. The molecule has 0 fully saturated rings. The number of rotatable bonds is 9. The lowest BCUT2D eigenvalue weighted by atomic mass is 10.2. The van der Waals surface area contributed by atoms with E-state index in [0.29, 0.717) is 30.2 Å². The summed E-state index contributed by atoms with van der Waals surface area (Å²) in [5, 5.41) is 2.88. The van der Waals surface area contributed by atoms with Crippen LogP contribution in [-0.2, 0) is 0 Å². The Morgan fingerprint density at radius 1 is 0.793 bits per heavy atom. The summed E-state index contributed by atoms with van der Waals surface area (Å²) in [4.78, 5) is 12.5. The monoisotopic (exact) mass is 391 g/mol. The zero-order valence-electron chi connectivity index (χ0n) is 16.6. The Bertz CT molecular complexity index is 908. The minimum atomic E-state index is -0.189. The van der Waals surface area contributed by atoms with Crippen LogP contribution in [0.2, 0.25) is 0 Å². The van der Waals surface area contributed by atoms with Crippen LogP contribution in [0.5, 0.6) is 17.2 Å². The summed E-state index contributed by atoms with van der Waals surface area (Å²) < 4.78 is 16.9. The summed E-state index contributed by atoms with van der Waals surface area (Å²) in [7, 11) is 0. The van der Waals surface area contributed by atoms with Gasteiger partial charge in [-0.05, 0) is 62.4 Å². The summed E-state index contributed by atoms with van der Waals surface area (Å²) in [5.74, 6) is 2.03. The molecule has 0 aromatic heterocycles. The van der Waals surface area contributed by atoms with Crippen LogP contribution in [0.4, 0.5) is 5.69 Å². The molecule has 150 valence electrons. The third kappa shape index (κ3) is 6.57. The third-order valence-electron chi connectivity index (χ3n) is 3.94. The number of para-hydroxylation sites is 1. The molecule has 1 amide bonds. The molecule has 5 nitrogen and oxygen atoms in total. The van der Waals surface area contributed by atoms with Gasteiger partial charge in [-0.3, -0.25) is 4.79 Å². The highest BCUT2D eigenvalue weighted by Gasteiger charge is 2.08. The topological polar surface area (TPSA) is 56.8 Å². The predicted molar refractivity (Wildman–Crippen MR) is 114 cm³/mol. The number of hydrogen-bond donors (Lipinski definition) is 1. The summed E-state index contributed by atoms with van der Waals surface area (Å²) in [5.41, 5.74) is 1.24. The number of carbonyl (C=O) groups excluding carboxylic acids is 1. The summed E-state index contributed by atoms with van der Waals surface area (Å²) >= 11 is 0. The third-order valence-corrected chi connectivity index (χ3v) is 3.94. The molecule has 0 aliphatic rings. The smallest absolute Gasteiger partial charge is 0.255 e. The Hall–Kier alpha value is -3.47. The summed E-state index contributed by atoms with van der Waals surface area (Å²) in [6, 6.07) is 24.0. The van der Waals surface area contributed by atoms with Crippen molar-refractivity contribution >= 4 is 11.6 Å². The fraction of sp³-hybridized carbons (Fsp3) is 0.208. The van der Waals surface area contributed by atoms with Crippen molar-refractivity contribution in [3.63, 3.8) is 0 Å². The van der Waals surface area contributed by atoms with Crippen LogP contribution in [0.3, 0.4) is 0 Å². The molecule has 0 spiro atoms. The van der Waals surface area contributed by atoms with Crippen molar-refractivity contribution in [1.82, 2.24) is 0 Å². The van der Waals surface area contributed by atoms with E-state index in [9.17, 15) is 4.79 Å². The number of amides is 1. The van der Waals surface area contributed by atoms with Gasteiger partial charge in [0.1, 0.15) is 30.5 Å². The highest BCUT2D eigenvalue weighted by molar-refractivity contribution is 6.04. The normalized spacial score (nSPS) is 10.4. The Morgan fingerprint density at radius 3 is 2.07 bits per heavy atom. The van der Waals surface area contributed by atoms with Gasteiger partial charge in [0, 0.05) is 17.3 Å². The van der Waals surface area contributed by atoms with Crippen LogP contribution in [0.25, 0.3) is 0 Å². The number of anilines is 1. The van der Waals surface area contributed by atoms with E-state index in [1.54, 1.807) is 24.3 Å². The van der Waals surface area contributed by atoms with Gasteiger partial charge in [-0.1, -0.05) is 24.3 Å². The van der Waals surface area contributed by atoms with Crippen LogP contribution in [0.1, 0.15) is 24.2 Å². The zero-order valence-corrected chi connectivity index (χ0v) is 16.6. The molecular weight excluding hydrogens is 366 g/mol. The molecule has 3 aromatic rings. The van der Waals surface area contributed by atoms with E-state index >= 15 is 0 Å². The van der Waals surface area contributed by atoms with Gasteiger partial charge in [0.25, 0.3) is 5.91 Å². The highest BCUT2D eigenvalue weighted by Crippen LogP contribution is 2.20. The van der Waals surface area contributed by atoms with Crippen LogP contribution >= 0.6 is 0 Å². The van der Waals surface area contributed by atoms with E-state index in [2.05, 4.69) is 5.32 Å². The van der Waals surface area contributed by atoms with Gasteiger partial charge in [-0.25, -0.2) is 0 Å². The number of hydrogen-bond acceptors (Lipinski definition) is 4. The minimum absolute atomic E-state index is 0.0755. The quantitative estimate of drug-likeness (QED) is 0.511. The van der Waals surface area contributed by atoms with E-state index in [1.165, 1.54) is 0 Å². The Labute approximate surface area is 171 Å². The number of benzene rings is 3. The molecule has 0 heterocycles. The molecular formula is C24H25NO4. The molecule has 29 heavy (non-hydrogen) atoms. The van der Waals surface area contributed by atoms with Crippen molar-refractivity contribution < 1.29 is 19.0 Å². The van der Waals surface area contributed by atoms with Crippen molar-refractivity contribution in [2.75, 3.05) is 18.5 Å². The van der Waals surface area contributed by atoms with Crippen LogP contribution in [0.15, 0.2) is 78.9 Å². The van der Waals surface area contributed by atoms with Crippen molar-refractivity contribution in [2.45, 2.75) is 20.0 Å². The first kappa shape index (κ1) is 20.3. The van der Waals surface area contributed by atoms with Gasteiger partial charge in [0.15, 0.2) is 0 Å². The van der Waals surface area contributed by atoms with Crippen molar-refractivity contribution in [1.29, 1.82) is 0 Å². The first-order valence-corrected chi connectivity index (χ1v) is 9.59. The van der Waals surface area contributed by atoms with E-state index in [0.717, 1.165) is 11.5 Å². The van der Waals surface area contributed by atoms with Crippen LogP contribution < -0.4 is 19.5 Å². The summed E-state index contributed by atoms with van der Waals surface area (Å²) in [6.45, 7) is 4.79. The first-order chi connectivity index (χ1) is 14.1. The number of nitrogens with one attached hydrogen (secondary N) is 1. The molecule has 0 saturated heterocycles. The fourth-order valence-electron chi connectivity index (χ4n) is 2.66. The lowest BCUT2D eigenvalue weighted by molar-refractivity contribution is 0.102. The van der Waals surface area contributed by atoms with Gasteiger partial charge in [-0.15, -0.1) is 0 Å². The van der Waals surface area contributed by atoms with E-state index < -0.39 is 0 Å². The zero-order chi connectivity index (χ0) is 20.5. The standard InChI is InChI=1S/C24H25NO4/c1-18(2)29-23-10-6-7-20(17-23)25-24(26)19-11-13-22(14-12-19)28-16-15-27-21-8-4-3-5-9-21/h3-14,17-18H,15-16H2,1-2H3,(H,25,26). The molecule has 0 atom stereocenters. The maximum atomic E-state index is 12.5. The second-order valence-corrected chi connectivity index (χ2v) is 6.68. The Morgan fingerprint density at radius 2 is 1.41 bits per heavy atom. The molecule has 5 heteroatoms. The van der Waals surface area contributed by atoms with Gasteiger partial charge in [0.2, 0.25) is 0 Å². The molecule has 0 aliphatic heterocycles. The molecule has 0 bridgehead atoms. The first-order valence-electron chi connectivity index (χ1n) is 9.59. The predicted octanol–water partition coefficient (Wildman–Crippen LogP) is 5.18. The molecule has 0 saturated carbocycles. The van der Waals surface area contributed by atoms with Crippen molar-refractivity contribution in [2.24, 2.45) is 0 Å². The van der Waals surface area contributed by atoms with Crippen LogP contribution in [0, 0.1) is 0 Å². The second-order valence-electron chi connectivity index (χ2n) is 6.68. The Balaban J connectivity index is 1.48. The van der Waals surface area contributed by atoms with E-state index in [4.69, 9.17) is 14.2 Å². The molecule has 0 radical (unpaired) electrons. The average molecular weight is 391 g/mol. The lowest BCUT2D eigenvalue weighted by Gasteiger charge is -2.12. The van der Waals surface area contributed by atoms with Gasteiger partial charge < -0.3 is 19.5 Å². The van der Waals surface area contributed by atoms with Gasteiger partial charge in [0.05, 0.1) is 6.10 Å². The van der Waals surface area contributed by atoms with E-state index in [-0.39, 0.29) is 12.0 Å². The van der Waals surface area contributed by atoms with Crippen molar-refractivity contribution in [3.8, 4) is 17.2 Å².